The average molecular weight is 337 g/mol. The Hall–Kier alpha value is -2.17. The standard InChI is InChI=1S/C21H27N3O/c1-20(2,23-13-6-15-24-16-14-22-17-24)21(25)11-9-19(10-12-21)18-7-4-3-5-8-18/h3-5,7-11,14,16-17,23,25H,6,12-13,15H2,1-2H3. The molecule has 0 radical (unpaired) electrons. The summed E-state index contributed by atoms with van der Waals surface area (Å²) in [5, 5.41) is 14.7. The number of allylic oxidation sites excluding steroid dienone is 2. The number of aryl methyl sites for hydroxylation is 1. The molecule has 0 bridgehead atoms. The third-order valence-corrected chi connectivity index (χ3v) is 5.08. The van der Waals surface area contributed by atoms with Crippen LogP contribution in [0, 0.1) is 0 Å². The molecule has 1 heterocycles. The number of rotatable bonds is 7. The zero-order valence-corrected chi connectivity index (χ0v) is 15.0. The fraction of sp³-hybridized carbons (Fsp3) is 0.381. The van der Waals surface area contributed by atoms with Crippen LogP contribution in [0.2, 0.25) is 0 Å². The largest absolute Gasteiger partial charge is 0.384 e. The van der Waals surface area contributed by atoms with E-state index in [0.717, 1.165) is 19.5 Å². The topological polar surface area (TPSA) is 50.1 Å². The maximum Gasteiger partial charge on any atom is 0.104 e. The van der Waals surface area contributed by atoms with Gasteiger partial charge in [0, 0.05) is 30.9 Å². The SMILES string of the molecule is CC(C)(NCCCn1ccnc1)C1(O)C=CC(c2ccccc2)=CC1. The van der Waals surface area contributed by atoms with E-state index in [1.54, 1.807) is 6.20 Å². The molecule has 0 amide bonds. The summed E-state index contributed by atoms with van der Waals surface area (Å²) < 4.78 is 2.07. The fourth-order valence-electron chi connectivity index (χ4n) is 3.17. The Morgan fingerprint density at radius 2 is 2.08 bits per heavy atom. The van der Waals surface area contributed by atoms with Crippen LogP contribution in [0.1, 0.15) is 32.3 Å². The van der Waals surface area contributed by atoms with E-state index in [1.165, 1.54) is 11.1 Å². The van der Waals surface area contributed by atoms with Crippen LogP contribution in [0.15, 0.2) is 67.3 Å². The van der Waals surface area contributed by atoms with E-state index < -0.39 is 11.1 Å². The van der Waals surface area contributed by atoms with Crippen molar-refractivity contribution in [1.82, 2.24) is 14.9 Å². The van der Waals surface area contributed by atoms with E-state index >= 15 is 0 Å². The van der Waals surface area contributed by atoms with Crippen LogP contribution in [0.25, 0.3) is 5.57 Å². The molecule has 3 rings (SSSR count). The first-order valence-electron chi connectivity index (χ1n) is 8.88. The van der Waals surface area contributed by atoms with Crippen LogP contribution < -0.4 is 5.32 Å². The Labute approximate surface area is 149 Å². The van der Waals surface area contributed by atoms with Crippen molar-refractivity contribution in [2.75, 3.05) is 6.54 Å². The fourth-order valence-corrected chi connectivity index (χ4v) is 3.17. The minimum atomic E-state index is -0.889. The molecular weight excluding hydrogens is 310 g/mol. The number of nitrogens with one attached hydrogen (secondary N) is 1. The molecule has 4 nitrogen and oxygen atoms in total. The molecule has 2 aromatic rings. The molecule has 1 aromatic heterocycles. The maximum absolute atomic E-state index is 11.1. The summed E-state index contributed by atoms with van der Waals surface area (Å²) in [5.41, 5.74) is 1.06. The van der Waals surface area contributed by atoms with Gasteiger partial charge < -0.3 is 15.0 Å². The first-order valence-corrected chi connectivity index (χ1v) is 8.88. The summed E-state index contributed by atoms with van der Waals surface area (Å²) in [6.45, 7) is 5.90. The smallest absolute Gasteiger partial charge is 0.104 e. The van der Waals surface area contributed by atoms with Crippen LogP contribution in [0.3, 0.4) is 0 Å². The molecule has 1 unspecified atom stereocenters. The number of hydrogen-bond acceptors (Lipinski definition) is 3. The monoisotopic (exact) mass is 337 g/mol. The molecule has 0 fully saturated rings. The molecule has 4 heteroatoms. The number of aromatic nitrogens is 2. The van der Waals surface area contributed by atoms with Gasteiger partial charge in [-0.15, -0.1) is 0 Å². The lowest BCUT2D eigenvalue weighted by Gasteiger charge is -2.42. The summed E-state index contributed by atoms with van der Waals surface area (Å²) in [5.74, 6) is 0. The molecule has 132 valence electrons. The molecule has 1 aromatic carbocycles. The van der Waals surface area contributed by atoms with Gasteiger partial charge in [-0.25, -0.2) is 4.98 Å². The van der Waals surface area contributed by atoms with Gasteiger partial charge in [0.2, 0.25) is 0 Å². The second-order valence-electron chi connectivity index (χ2n) is 7.19. The van der Waals surface area contributed by atoms with Crippen molar-refractivity contribution in [2.45, 2.75) is 44.4 Å². The van der Waals surface area contributed by atoms with Gasteiger partial charge in [0.15, 0.2) is 0 Å². The summed E-state index contributed by atoms with van der Waals surface area (Å²) in [7, 11) is 0. The molecule has 0 aliphatic heterocycles. The molecule has 1 aliphatic rings. The van der Waals surface area contributed by atoms with Crippen molar-refractivity contribution >= 4 is 5.57 Å². The van der Waals surface area contributed by atoms with Crippen molar-refractivity contribution in [3.05, 3.63) is 72.8 Å². The predicted octanol–water partition coefficient (Wildman–Crippen LogP) is 3.42. The first-order chi connectivity index (χ1) is 12.0. The van der Waals surface area contributed by atoms with Gasteiger partial charge in [0.1, 0.15) is 5.60 Å². The van der Waals surface area contributed by atoms with Crippen LogP contribution in [-0.2, 0) is 6.54 Å². The van der Waals surface area contributed by atoms with Crippen molar-refractivity contribution in [2.24, 2.45) is 0 Å². The van der Waals surface area contributed by atoms with Crippen molar-refractivity contribution in [3.63, 3.8) is 0 Å². The minimum absolute atomic E-state index is 0.406. The van der Waals surface area contributed by atoms with Crippen molar-refractivity contribution < 1.29 is 5.11 Å². The highest BCUT2D eigenvalue weighted by Gasteiger charge is 2.41. The van der Waals surface area contributed by atoms with Gasteiger partial charge in [0.05, 0.1) is 6.33 Å². The van der Waals surface area contributed by atoms with Gasteiger partial charge in [-0.3, -0.25) is 0 Å². The predicted molar refractivity (Wildman–Crippen MR) is 102 cm³/mol. The lowest BCUT2D eigenvalue weighted by molar-refractivity contribution is 0.00751. The molecule has 25 heavy (non-hydrogen) atoms. The molecule has 0 saturated carbocycles. The number of aliphatic hydroxyl groups is 1. The second-order valence-corrected chi connectivity index (χ2v) is 7.19. The van der Waals surface area contributed by atoms with Crippen molar-refractivity contribution in [1.29, 1.82) is 0 Å². The Bertz CT molecular complexity index is 732. The Kier molecular flexibility index (Phi) is 5.21. The van der Waals surface area contributed by atoms with Gasteiger partial charge in [0.25, 0.3) is 0 Å². The number of hydrogen-bond donors (Lipinski definition) is 2. The molecule has 1 atom stereocenters. The van der Waals surface area contributed by atoms with Gasteiger partial charge >= 0.3 is 0 Å². The van der Waals surface area contributed by atoms with E-state index in [4.69, 9.17) is 0 Å². The van der Waals surface area contributed by atoms with E-state index in [9.17, 15) is 5.11 Å². The van der Waals surface area contributed by atoms with Gasteiger partial charge in [-0.05, 0) is 37.9 Å². The number of imidazole rings is 1. The Balaban J connectivity index is 1.56. The number of nitrogens with zero attached hydrogens (tertiary/aromatic N) is 2. The highest BCUT2D eigenvalue weighted by atomic mass is 16.3. The highest BCUT2D eigenvalue weighted by molar-refractivity contribution is 5.75. The van der Waals surface area contributed by atoms with Crippen LogP contribution in [-0.4, -0.2) is 32.3 Å². The van der Waals surface area contributed by atoms with Crippen LogP contribution >= 0.6 is 0 Å². The third kappa shape index (κ3) is 4.09. The first kappa shape index (κ1) is 17.6. The quantitative estimate of drug-likeness (QED) is 0.761. The zero-order chi connectivity index (χ0) is 17.8. The lowest BCUT2D eigenvalue weighted by Crippen LogP contribution is -2.58. The van der Waals surface area contributed by atoms with Crippen molar-refractivity contribution in [3.8, 4) is 0 Å². The maximum atomic E-state index is 11.1. The minimum Gasteiger partial charge on any atom is -0.384 e. The highest BCUT2D eigenvalue weighted by Crippen LogP contribution is 2.34. The summed E-state index contributed by atoms with van der Waals surface area (Å²) >= 11 is 0. The lowest BCUT2D eigenvalue weighted by atomic mass is 9.76. The molecule has 2 N–H and O–H groups in total. The summed E-state index contributed by atoms with van der Waals surface area (Å²) in [6, 6.07) is 10.3. The zero-order valence-electron chi connectivity index (χ0n) is 15.0. The van der Waals surface area contributed by atoms with Gasteiger partial charge in [-0.2, -0.15) is 0 Å². The Morgan fingerprint density at radius 3 is 2.72 bits per heavy atom. The summed E-state index contributed by atoms with van der Waals surface area (Å²) in [6.07, 6.45) is 13.3. The normalized spacial score (nSPS) is 20.5. The second kappa shape index (κ2) is 7.38. The molecule has 1 aliphatic carbocycles. The summed E-state index contributed by atoms with van der Waals surface area (Å²) in [4.78, 5) is 4.05. The van der Waals surface area contributed by atoms with Crippen LogP contribution in [0.5, 0.6) is 0 Å². The van der Waals surface area contributed by atoms with Gasteiger partial charge in [-0.1, -0.05) is 48.6 Å². The molecule has 0 saturated heterocycles. The third-order valence-electron chi connectivity index (χ3n) is 5.08. The van der Waals surface area contributed by atoms with E-state index in [1.807, 2.05) is 42.9 Å². The number of benzene rings is 1. The van der Waals surface area contributed by atoms with E-state index in [2.05, 4.69) is 46.9 Å². The molecular formula is C21H27N3O. The Morgan fingerprint density at radius 1 is 1.28 bits per heavy atom. The average Bonchev–Trinajstić information content (AvgIpc) is 3.13. The van der Waals surface area contributed by atoms with E-state index in [0.29, 0.717) is 6.42 Å². The molecule has 0 spiro atoms. The van der Waals surface area contributed by atoms with Crippen LogP contribution in [0.4, 0.5) is 0 Å². The van der Waals surface area contributed by atoms with E-state index in [-0.39, 0.29) is 0 Å².